The van der Waals surface area contributed by atoms with E-state index in [-0.39, 0.29) is 17.9 Å². The Morgan fingerprint density at radius 1 is 1.55 bits per heavy atom. The highest BCUT2D eigenvalue weighted by atomic mass is 35.5. The quantitative estimate of drug-likeness (QED) is 0.760. The van der Waals surface area contributed by atoms with Crippen LogP contribution in [0.5, 0.6) is 0 Å². The zero-order valence-electron chi connectivity index (χ0n) is 6.43. The van der Waals surface area contributed by atoms with Gasteiger partial charge in [-0.25, -0.2) is 0 Å². The summed E-state index contributed by atoms with van der Waals surface area (Å²) in [4.78, 5) is 1.12. The molecule has 0 saturated carbocycles. The Kier molecular flexibility index (Phi) is 3.85. The fourth-order valence-corrected chi connectivity index (χ4v) is 1.76. The molecular formula is C7H11Cl2NS. The Hall–Kier alpha value is 0.240. The average Bonchev–Trinajstić information content (AvgIpc) is 2.11. The number of hydrogen-bond acceptors (Lipinski definition) is 2. The highest BCUT2D eigenvalue weighted by Gasteiger charge is 2.15. The van der Waals surface area contributed by atoms with Crippen molar-refractivity contribution in [3.8, 4) is 0 Å². The molecule has 64 valence electrons. The number of rotatable bonds is 1. The first kappa shape index (κ1) is 11.2. The molecule has 0 bridgehead atoms. The second-order valence-corrected chi connectivity index (χ2v) is 4.20. The third-order valence-corrected chi connectivity index (χ3v) is 2.82. The molecule has 0 unspecified atom stereocenters. The molecule has 0 spiro atoms. The second-order valence-electron chi connectivity index (χ2n) is 2.85. The van der Waals surface area contributed by atoms with Crippen molar-refractivity contribution in [2.75, 3.05) is 0 Å². The lowest BCUT2D eigenvalue weighted by Crippen LogP contribution is -2.27. The molecule has 11 heavy (non-hydrogen) atoms. The fourth-order valence-electron chi connectivity index (χ4n) is 0.651. The minimum absolute atomic E-state index is 0. The molecule has 1 aromatic rings. The Morgan fingerprint density at radius 2 is 2.09 bits per heavy atom. The molecular weight excluding hydrogens is 201 g/mol. The third-order valence-electron chi connectivity index (χ3n) is 1.20. The highest BCUT2D eigenvalue weighted by Crippen LogP contribution is 2.27. The molecule has 0 fully saturated rings. The van der Waals surface area contributed by atoms with Gasteiger partial charge in [-0.05, 0) is 19.9 Å². The van der Waals surface area contributed by atoms with Crippen LogP contribution in [0.1, 0.15) is 18.7 Å². The van der Waals surface area contributed by atoms with Gasteiger partial charge in [0, 0.05) is 15.8 Å². The van der Waals surface area contributed by atoms with E-state index in [1.165, 1.54) is 0 Å². The first-order valence-electron chi connectivity index (χ1n) is 3.03. The van der Waals surface area contributed by atoms with Crippen LogP contribution in [0.15, 0.2) is 11.4 Å². The summed E-state index contributed by atoms with van der Waals surface area (Å²) in [5.74, 6) is 0. The summed E-state index contributed by atoms with van der Waals surface area (Å²) in [5.41, 5.74) is 5.57. The number of thiophene rings is 1. The Morgan fingerprint density at radius 3 is 2.27 bits per heavy atom. The van der Waals surface area contributed by atoms with E-state index in [1.54, 1.807) is 11.3 Å². The molecule has 1 heterocycles. The summed E-state index contributed by atoms with van der Waals surface area (Å²) in [5, 5.41) is 2.67. The van der Waals surface area contributed by atoms with Crippen molar-refractivity contribution >= 4 is 35.3 Å². The van der Waals surface area contributed by atoms with E-state index >= 15 is 0 Å². The molecule has 0 amide bonds. The van der Waals surface area contributed by atoms with E-state index < -0.39 is 0 Å². The maximum absolute atomic E-state index is 5.82. The Labute approximate surface area is 82.0 Å². The summed E-state index contributed by atoms with van der Waals surface area (Å²) < 4.78 is 0. The van der Waals surface area contributed by atoms with E-state index in [0.717, 1.165) is 9.90 Å². The first-order valence-corrected chi connectivity index (χ1v) is 4.29. The monoisotopic (exact) mass is 211 g/mol. The Bertz CT molecular complexity index is 227. The van der Waals surface area contributed by atoms with Gasteiger partial charge in [-0.2, -0.15) is 0 Å². The van der Waals surface area contributed by atoms with E-state index in [4.69, 9.17) is 17.3 Å². The van der Waals surface area contributed by atoms with Crippen LogP contribution in [-0.4, -0.2) is 0 Å². The molecule has 2 N–H and O–H groups in total. The van der Waals surface area contributed by atoms with Gasteiger partial charge in [0.15, 0.2) is 0 Å². The van der Waals surface area contributed by atoms with Crippen molar-refractivity contribution in [1.29, 1.82) is 0 Å². The van der Waals surface area contributed by atoms with Crippen LogP contribution in [0.3, 0.4) is 0 Å². The topological polar surface area (TPSA) is 26.0 Å². The molecule has 1 rings (SSSR count). The lowest BCUT2D eigenvalue weighted by Gasteiger charge is -2.15. The van der Waals surface area contributed by atoms with Crippen LogP contribution in [0.2, 0.25) is 5.02 Å². The zero-order chi connectivity index (χ0) is 7.78. The van der Waals surface area contributed by atoms with Gasteiger partial charge in [0.2, 0.25) is 0 Å². The molecule has 0 atom stereocenters. The summed E-state index contributed by atoms with van der Waals surface area (Å²) in [6.45, 7) is 3.93. The second kappa shape index (κ2) is 3.76. The van der Waals surface area contributed by atoms with Gasteiger partial charge in [-0.1, -0.05) is 11.6 Å². The van der Waals surface area contributed by atoms with Crippen LogP contribution in [0, 0.1) is 0 Å². The smallest absolute Gasteiger partial charge is 0.0516 e. The fraction of sp³-hybridized carbons (Fsp3) is 0.429. The van der Waals surface area contributed by atoms with Crippen LogP contribution in [0.25, 0.3) is 0 Å². The van der Waals surface area contributed by atoms with Crippen molar-refractivity contribution in [1.82, 2.24) is 0 Å². The minimum atomic E-state index is -0.252. The Balaban J connectivity index is 0.000001000. The van der Waals surface area contributed by atoms with Crippen molar-refractivity contribution in [2.24, 2.45) is 5.73 Å². The van der Waals surface area contributed by atoms with Crippen LogP contribution >= 0.6 is 35.3 Å². The van der Waals surface area contributed by atoms with Crippen LogP contribution in [-0.2, 0) is 5.54 Å². The predicted molar refractivity (Wildman–Crippen MR) is 53.8 cm³/mol. The molecule has 0 aromatic carbocycles. The van der Waals surface area contributed by atoms with Crippen LogP contribution in [0.4, 0.5) is 0 Å². The summed E-state index contributed by atoms with van der Waals surface area (Å²) in [7, 11) is 0. The maximum Gasteiger partial charge on any atom is 0.0516 e. The SMILES string of the molecule is CC(C)(N)c1cc(Cl)cs1.Cl. The molecule has 0 aliphatic heterocycles. The number of halogens is 2. The number of hydrogen-bond donors (Lipinski definition) is 1. The summed E-state index contributed by atoms with van der Waals surface area (Å²) in [6.07, 6.45) is 0. The van der Waals surface area contributed by atoms with Gasteiger partial charge in [0.1, 0.15) is 0 Å². The molecule has 0 radical (unpaired) electrons. The van der Waals surface area contributed by atoms with Gasteiger partial charge in [0.05, 0.1) is 5.02 Å². The zero-order valence-corrected chi connectivity index (χ0v) is 8.82. The normalized spacial score (nSPS) is 10.9. The van der Waals surface area contributed by atoms with Crippen molar-refractivity contribution in [3.05, 3.63) is 21.3 Å². The molecule has 0 saturated heterocycles. The predicted octanol–water partition coefficient (Wildman–Crippen LogP) is 3.02. The lowest BCUT2D eigenvalue weighted by atomic mass is 10.1. The maximum atomic E-state index is 5.82. The summed E-state index contributed by atoms with van der Waals surface area (Å²) >= 11 is 7.32. The molecule has 1 aromatic heterocycles. The van der Waals surface area contributed by atoms with Gasteiger partial charge in [-0.3, -0.25) is 0 Å². The molecule has 0 aliphatic carbocycles. The van der Waals surface area contributed by atoms with E-state index in [9.17, 15) is 0 Å². The van der Waals surface area contributed by atoms with Crippen molar-refractivity contribution in [2.45, 2.75) is 19.4 Å². The van der Waals surface area contributed by atoms with Crippen molar-refractivity contribution < 1.29 is 0 Å². The molecule has 4 heteroatoms. The van der Waals surface area contributed by atoms with Crippen LogP contribution < -0.4 is 5.73 Å². The highest BCUT2D eigenvalue weighted by molar-refractivity contribution is 7.10. The van der Waals surface area contributed by atoms with Crippen molar-refractivity contribution in [3.63, 3.8) is 0 Å². The largest absolute Gasteiger partial charge is 0.321 e. The lowest BCUT2D eigenvalue weighted by molar-refractivity contribution is 0.567. The standard InChI is InChI=1S/C7H10ClNS.ClH/c1-7(2,9)6-3-5(8)4-10-6;/h3-4H,9H2,1-2H3;1H. The van der Waals surface area contributed by atoms with E-state index in [0.29, 0.717) is 0 Å². The molecule has 0 aliphatic rings. The third kappa shape index (κ3) is 2.99. The van der Waals surface area contributed by atoms with Gasteiger partial charge < -0.3 is 5.73 Å². The molecule has 1 nitrogen and oxygen atoms in total. The van der Waals surface area contributed by atoms with Gasteiger partial charge in [-0.15, -0.1) is 23.7 Å². The van der Waals surface area contributed by atoms with Gasteiger partial charge in [0.25, 0.3) is 0 Å². The number of nitrogens with two attached hydrogens (primary N) is 1. The summed E-state index contributed by atoms with van der Waals surface area (Å²) in [6, 6.07) is 1.91. The van der Waals surface area contributed by atoms with E-state index in [1.807, 2.05) is 25.3 Å². The first-order chi connectivity index (χ1) is 4.50. The van der Waals surface area contributed by atoms with Gasteiger partial charge >= 0.3 is 0 Å². The minimum Gasteiger partial charge on any atom is -0.321 e. The van der Waals surface area contributed by atoms with E-state index in [2.05, 4.69) is 0 Å². The average molecular weight is 212 g/mol.